The molecule has 112 valence electrons. The summed E-state index contributed by atoms with van der Waals surface area (Å²) in [6.07, 6.45) is 3.24. The fraction of sp³-hybridized carbons (Fsp3) is 0.933. The summed E-state index contributed by atoms with van der Waals surface area (Å²) >= 11 is 0. The number of carbonyl (C=O) groups is 1. The maximum Gasteiger partial charge on any atom is 0.311 e. The van der Waals surface area contributed by atoms with Crippen molar-refractivity contribution >= 4 is 5.97 Å². The minimum atomic E-state index is -0.793. The molecule has 5 heteroatoms. The molecular weight excluding hydrogens is 260 g/mol. The highest BCUT2D eigenvalue weighted by Gasteiger charge is 2.69. The molecule has 5 nitrogen and oxygen atoms in total. The topological polar surface area (TPSA) is 54.0 Å². The van der Waals surface area contributed by atoms with E-state index in [1.54, 1.807) is 0 Å². The van der Waals surface area contributed by atoms with Crippen molar-refractivity contribution < 1.29 is 24.0 Å². The molecule has 7 atom stereocenters. The van der Waals surface area contributed by atoms with E-state index in [1.807, 2.05) is 13.8 Å². The number of carbonyl (C=O) groups excluding carboxylic acids is 1. The standard InChI is InChI=1S/C15H22O5/c1-8-4-5-11-9(2)12(16)17-13-15(11)10(8)6-7-14(3,18-13)19-20-15/h8-11,13H,4-7H2,1-3H3/t8-,9+,10+,11+,13-,14?,15-/m1/s1. The van der Waals surface area contributed by atoms with E-state index in [-0.39, 0.29) is 17.8 Å². The van der Waals surface area contributed by atoms with Crippen LogP contribution in [0.25, 0.3) is 0 Å². The lowest BCUT2D eigenvalue weighted by Gasteiger charge is -2.57. The molecule has 1 saturated carbocycles. The molecule has 0 amide bonds. The Balaban J connectivity index is 1.84. The molecule has 2 bridgehead atoms. The fourth-order valence-corrected chi connectivity index (χ4v) is 4.76. The van der Waals surface area contributed by atoms with Crippen molar-refractivity contribution in [3.63, 3.8) is 0 Å². The monoisotopic (exact) mass is 282 g/mol. The normalized spacial score (nSPS) is 57.8. The van der Waals surface area contributed by atoms with Crippen LogP contribution in [0.4, 0.5) is 0 Å². The van der Waals surface area contributed by atoms with Crippen LogP contribution in [0.15, 0.2) is 0 Å². The van der Waals surface area contributed by atoms with Crippen LogP contribution in [-0.4, -0.2) is 23.6 Å². The van der Waals surface area contributed by atoms with Crippen LogP contribution in [0.2, 0.25) is 0 Å². The number of fused-ring (bicyclic) bond motifs is 2. The number of rotatable bonds is 0. The molecule has 1 spiro atoms. The van der Waals surface area contributed by atoms with Gasteiger partial charge in [-0.3, -0.25) is 4.79 Å². The minimum Gasteiger partial charge on any atom is -0.432 e. The summed E-state index contributed by atoms with van der Waals surface area (Å²) in [5, 5.41) is 0. The summed E-state index contributed by atoms with van der Waals surface area (Å²) in [6, 6.07) is 0. The Morgan fingerprint density at radius 1 is 1.10 bits per heavy atom. The van der Waals surface area contributed by atoms with Crippen LogP contribution in [0.1, 0.15) is 46.5 Å². The van der Waals surface area contributed by atoms with Crippen LogP contribution in [-0.2, 0) is 24.0 Å². The Hall–Kier alpha value is -0.650. The second-order valence-electron chi connectivity index (χ2n) is 7.14. The third-order valence-corrected chi connectivity index (χ3v) is 5.97. The summed E-state index contributed by atoms with van der Waals surface area (Å²) in [7, 11) is 0. The zero-order valence-electron chi connectivity index (χ0n) is 12.3. The molecule has 0 N–H and O–H groups in total. The van der Waals surface area contributed by atoms with Gasteiger partial charge in [-0.05, 0) is 32.1 Å². The van der Waals surface area contributed by atoms with E-state index >= 15 is 0 Å². The molecule has 0 aromatic heterocycles. The van der Waals surface area contributed by atoms with Crippen molar-refractivity contribution in [3.8, 4) is 0 Å². The smallest absolute Gasteiger partial charge is 0.311 e. The van der Waals surface area contributed by atoms with E-state index in [4.69, 9.17) is 19.2 Å². The van der Waals surface area contributed by atoms with Crippen molar-refractivity contribution in [2.45, 2.75) is 64.1 Å². The van der Waals surface area contributed by atoms with Gasteiger partial charge in [-0.1, -0.05) is 13.8 Å². The summed E-state index contributed by atoms with van der Waals surface area (Å²) in [4.78, 5) is 23.7. The van der Waals surface area contributed by atoms with Gasteiger partial charge in [0, 0.05) is 18.3 Å². The van der Waals surface area contributed by atoms with Crippen LogP contribution in [0.3, 0.4) is 0 Å². The van der Waals surface area contributed by atoms with Gasteiger partial charge in [0.1, 0.15) is 0 Å². The first-order chi connectivity index (χ1) is 9.46. The predicted octanol–water partition coefficient (Wildman–Crippen LogP) is 2.39. The van der Waals surface area contributed by atoms with Gasteiger partial charge in [0.15, 0.2) is 5.60 Å². The zero-order valence-corrected chi connectivity index (χ0v) is 12.3. The predicted molar refractivity (Wildman–Crippen MR) is 68.0 cm³/mol. The third-order valence-electron chi connectivity index (χ3n) is 5.97. The number of esters is 1. The van der Waals surface area contributed by atoms with Gasteiger partial charge >= 0.3 is 5.97 Å². The molecule has 4 heterocycles. The summed E-state index contributed by atoms with van der Waals surface area (Å²) in [5.41, 5.74) is -0.610. The summed E-state index contributed by atoms with van der Waals surface area (Å²) < 4.78 is 11.6. The summed E-state index contributed by atoms with van der Waals surface area (Å²) in [6.45, 7) is 6.06. The Morgan fingerprint density at radius 3 is 2.70 bits per heavy atom. The van der Waals surface area contributed by atoms with E-state index in [9.17, 15) is 4.79 Å². The van der Waals surface area contributed by atoms with E-state index in [0.717, 1.165) is 25.7 Å². The highest BCUT2D eigenvalue weighted by molar-refractivity contribution is 5.74. The second-order valence-corrected chi connectivity index (χ2v) is 7.14. The lowest BCUT2D eigenvalue weighted by Crippen LogP contribution is -2.69. The molecule has 4 aliphatic heterocycles. The van der Waals surface area contributed by atoms with Crippen molar-refractivity contribution in [3.05, 3.63) is 0 Å². The molecule has 0 aromatic rings. The van der Waals surface area contributed by atoms with Gasteiger partial charge in [-0.2, -0.15) is 0 Å². The van der Waals surface area contributed by atoms with Crippen molar-refractivity contribution in [2.24, 2.45) is 23.7 Å². The minimum absolute atomic E-state index is 0.123. The number of hydrogen-bond donors (Lipinski definition) is 0. The quantitative estimate of drug-likeness (QED) is 0.504. The molecule has 1 unspecified atom stereocenters. The Bertz CT molecular complexity index is 452. The number of ether oxygens (including phenoxy) is 2. The highest BCUT2D eigenvalue weighted by atomic mass is 17.3. The zero-order chi connectivity index (χ0) is 14.1. The lowest BCUT2D eigenvalue weighted by molar-refractivity contribution is -0.559. The van der Waals surface area contributed by atoms with E-state index < -0.39 is 17.7 Å². The maximum atomic E-state index is 12.1. The van der Waals surface area contributed by atoms with Gasteiger partial charge in [0.2, 0.25) is 12.1 Å². The molecule has 4 saturated heterocycles. The van der Waals surface area contributed by atoms with Gasteiger partial charge in [0.05, 0.1) is 5.92 Å². The summed E-state index contributed by atoms with van der Waals surface area (Å²) in [5.74, 6) is -0.137. The van der Waals surface area contributed by atoms with Crippen LogP contribution in [0, 0.1) is 23.7 Å². The first kappa shape index (κ1) is 13.0. The molecule has 5 aliphatic rings. The fourth-order valence-electron chi connectivity index (χ4n) is 4.76. The van der Waals surface area contributed by atoms with Gasteiger partial charge in [0.25, 0.3) is 0 Å². The molecule has 5 rings (SSSR count). The molecular formula is C15H22O5. The van der Waals surface area contributed by atoms with Gasteiger partial charge < -0.3 is 9.47 Å². The molecule has 5 fully saturated rings. The maximum absolute atomic E-state index is 12.1. The first-order valence-electron chi connectivity index (χ1n) is 7.71. The van der Waals surface area contributed by atoms with E-state index in [2.05, 4.69) is 6.92 Å². The van der Waals surface area contributed by atoms with Crippen LogP contribution in [0.5, 0.6) is 0 Å². The average molecular weight is 282 g/mol. The Kier molecular flexibility index (Phi) is 2.58. The van der Waals surface area contributed by atoms with E-state index in [0.29, 0.717) is 11.8 Å². The molecule has 0 aromatic carbocycles. The second kappa shape index (κ2) is 3.96. The molecule has 20 heavy (non-hydrogen) atoms. The third kappa shape index (κ3) is 1.46. The van der Waals surface area contributed by atoms with Crippen molar-refractivity contribution in [1.29, 1.82) is 0 Å². The lowest BCUT2D eigenvalue weighted by atomic mass is 9.58. The SMILES string of the molecule is C[C@@H]1CC[C@H]2[C@H](C)C(=O)O[C@@H]3OC4(C)CC[C@@H]1[C@]32OO4. The van der Waals surface area contributed by atoms with E-state index in [1.165, 1.54) is 0 Å². The Labute approximate surface area is 118 Å². The van der Waals surface area contributed by atoms with Crippen molar-refractivity contribution in [2.75, 3.05) is 0 Å². The van der Waals surface area contributed by atoms with Gasteiger partial charge in [-0.25, -0.2) is 9.78 Å². The van der Waals surface area contributed by atoms with Crippen LogP contribution < -0.4 is 0 Å². The van der Waals surface area contributed by atoms with Crippen LogP contribution >= 0.6 is 0 Å². The number of hydrogen-bond acceptors (Lipinski definition) is 5. The molecule has 0 radical (unpaired) electrons. The highest BCUT2D eigenvalue weighted by Crippen LogP contribution is 2.59. The van der Waals surface area contributed by atoms with Crippen molar-refractivity contribution in [1.82, 2.24) is 0 Å². The van der Waals surface area contributed by atoms with Gasteiger partial charge in [-0.15, -0.1) is 0 Å². The largest absolute Gasteiger partial charge is 0.432 e. The average Bonchev–Trinajstić information content (AvgIpc) is 2.63. The molecule has 1 aliphatic carbocycles. The Morgan fingerprint density at radius 2 is 1.90 bits per heavy atom. The first-order valence-corrected chi connectivity index (χ1v) is 7.71.